The van der Waals surface area contributed by atoms with Gasteiger partial charge < -0.3 is 18.9 Å². The lowest BCUT2D eigenvalue weighted by Gasteiger charge is -2.14. The van der Waals surface area contributed by atoms with Crippen molar-refractivity contribution in [2.75, 3.05) is 20.8 Å². The fourth-order valence-corrected chi connectivity index (χ4v) is 3.61. The molecule has 34 heavy (non-hydrogen) atoms. The topological polar surface area (TPSA) is 78.4 Å². The van der Waals surface area contributed by atoms with Gasteiger partial charge in [-0.1, -0.05) is 18.2 Å². The predicted octanol–water partition coefficient (Wildman–Crippen LogP) is 5.35. The Bertz CT molecular complexity index is 1190. The molecule has 178 valence electrons. The lowest BCUT2D eigenvalue weighted by atomic mass is 10.2. The van der Waals surface area contributed by atoms with E-state index >= 15 is 0 Å². The van der Waals surface area contributed by atoms with Gasteiger partial charge in [0.25, 0.3) is 5.91 Å². The number of ether oxygens (including phenoxy) is 4. The van der Waals surface area contributed by atoms with Crippen molar-refractivity contribution < 1.29 is 28.1 Å². The molecule has 9 heteroatoms. The molecule has 0 radical (unpaired) electrons. The highest BCUT2D eigenvalue weighted by molar-refractivity contribution is 9.10. The molecule has 3 aromatic carbocycles. The third kappa shape index (κ3) is 6.26. The molecule has 0 saturated heterocycles. The zero-order chi connectivity index (χ0) is 24.5. The van der Waals surface area contributed by atoms with Crippen LogP contribution in [-0.2, 0) is 6.61 Å². The molecular weight excluding hydrogens is 507 g/mol. The summed E-state index contributed by atoms with van der Waals surface area (Å²) in [6.07, 6.45) is 1.47. The van der Waals surface area contributed by atoms with Crippen LogP contribution in [0.15, 0.2) is 64.2 Å². The van der Waals surface area contributed by atoms with Gasteiger partial charge >= 0.3 is 0 Å². The van der Waals surface area contributed by atoms with E-state index in [2.05, 4.69) is 26.5 Å². The molecule has 0 unspecified atom stereocenters. The number of hydrogen-bond acceptors (Lipinski definition) is 6. The molecule has 0 atom stereocenters. The molecule has 1 amide bonds. The number of nitrogens with one attached hydrogen (secondary N) is 1. The quantitative estimate of drug-likeness (QED) is 0.282. The van der Waals surface area contributed by atoms with Crippen LogP contribution in [0.3, 0.4) is 0 Å². The lowest BCUT2D eigenvalue weighted by Crippen LogP contribution is -2.17. The molecule has 3 rings (SSSR count). The minimum atomic E-state index is -0.407. The molecule has 0 aromatic heterocycles. The zero-order valence-corrected chi connectivity index (χ0v) is 20.5. The Morgan fingerprint density at radius 3 is 2.50 bits per heavy atom. The first-order valence-corrected chi connectivity index (χ1v) is 11.1. The molecular formula is C25H24BrFN2O5. The molecule has 1 N–H and O–H groups in total. The van der Waals surface area contributed by atoms with E-state index in [9.17, 15) is 9.18 Å². The number of hydrazone groups is 1. The monoisotopic (exact) mass is 530 g/mol. The molecule has 0 bridgehead atoms. The molecule has 0 aliphatic carbocycles. The lowest BCUT2D eigenvalue weighted by molar-refractivity contribution is 0.0954. The van der Waals surface area contributed by atoms with E-state index in [1.807, 2.05) is 6.92 Å². The summed E-state index contributed by atoms with van der Waals surface area (Å²) in [6.45, 7) is 2.33. The van der Waals surface area contributed by atoms with E-state index in [0.29, 0.717) is 50.8 Å². The maximum atomic E-state index is 13.9. The van der Waals surface area contributed by atoms with E-state index in [4.69, 9.17) is 18.9 Å². The summed E-state index contributed by atoms with van der Waals surface area (Å²) >= 11 is 3.45. The number of rotatable bonds is 10. The van der Waals surface area contributed by atoms with E-state index in [-0.39, 0.29) is 12.4 Å². The van der Waals surface area contributed by atoms with Gasteiger partial charge in [-0.05, 0) is 64.8 Å². The molecule has 0 spiro atoms. The number of carbonyl (C=O) groups excluding carboxylic acids is 1. The van der Waals surface area contributed by atoms with Gasteiger partial charge in [-0.2, -0.15) is 5.10 Å². The summed E-state index contributed by atoms with van der Waals surface area (Å²) in [5.74, 6) is 1.11. The Morgan fingerprint density at radius 2 is 1.79 bits per heavy atom. The second-order valence-corrected chi connectivity index (χ2v) is 7.77. The first kappa shape index (κ1) is 25.0. The van der Waals surface area contributed by atoms with E-state index in [1.54, 1.807) is 48.5 Å². The van der Waals surface area contributed by atoms with Crippen LogP contribution < -0.4 is 24.4 Å². The number of benzene rings is 3. The Balaban J connectivity index is 1.70. The summed E-state index contributed by atoms with van der Waals surface area (Å²) in [4.78, 5) is 12.5. The SMILES string of the molecule is CCOc1cc(C(=O)N/N=C/c2cc(Br)c(OCc3ccccc3F)c(OC)c2)ccc1OC. The van der Waals surface area contributed by atoms with Crippen molar-refractivity contribution in [1.29, 1.82) is 0 Å². The number of carbonyl (C=O) groups is 1. The van der Waals surface area contributed by atoms with Gasteiger partial charge in [-0.25, -0.2) is 9.82 Å². The van der Waals surface area contributed by atoms with Crippen LogP contribution in [0.5, 0.6) is 23.0 Å². The highest BCUT2D eigenvalue weighted by Crippen LogP contribution is 2.37. The summed E-state index contributed by atoms with van der Waals surface area (Å²) in [7, 11) is 3.03. The van der Waals surface area contributed by atoms with Crippen molar-refractivity contribution in [2.45, 2.75) is 13.5 Å². The molecule has 0 aliphatic rings. The number of halogens is 2. The Labute approximate surface area is 205 Å². The second kappa shape index (κ2) is 12.0. The first-order valence-electron chi connectivity index (χ1n) is 10.3. The standard InChI is InChI=1S/C25H24BrFN2O5/c1-4-33-22-13-17(9-10-21(22)31-2)25(30)29-28-14-16-11-19(26)24(23(12-16)32-3)34-15-18-7-5-6-8-20(18)27/h5-14H,4,15H2,1-3H3,(H,29,30)/b28-14+. The summed E-state index contributed by atoms with van der Waals surface area (Å²) in [5.41, 5.74) is 3.93. The Kier molecular flexibility index (Phi) is 8.86. The molecule has 3 aromatic rings. The van der Waals surface area contributed by atoms with Gasteiger partial charge in [0.1, 0.15) is 12.4 Å². The molecule has 0 aliphatic heterocycles. The highest BCUT2D eigenvalue weighted by Gasteiger charge is 2.13. The van der Waals surface area contributed by atoms with E-state index in [1.165, 1.54) is 26.5 Å². The predicted molar refractivity (Wildman–Crippen MR) is 131 cm³/mol. The fraction of sp³-hybridized carbons (Fsp3) is 0.200. The molecule has 0 saturated carbocycles. The molecule has 0 heterocycles. The fourth-order valence-electron chi connectivity index (χ4n) is 3.04. The minimum Gasteiger partial charge on any atom is -0.493 e. The Morgan fingerprint density at radius 1 is 1.03 bits per heavy atom. The van der Waals surface area contributed by atoms with E-state index < -0.39 is 5.91 Å². The van der Waals surface area contributed by atoms with Gasteiger partial charge in [0.2, 0.25) is 0 Å². The van der Waals surface area contributed by atoms with Crippen molar-refractivity contribution in [3.8, 4) is 23.0 Å². The van der Waals surface area contributed by atoms with Gasteiger partial charge in [0.05, 0.1) is 31.5 Å². The maximum Gasteiger partial charge on any atom is 0.271 e. The van der Waals surface area contributed by atoms with Crippen molar-refractivity contribution in [3.63, 3.8) is 0 Å². The number of hydrogen-bond donors (Lipinski definition) is 1. The third-order valence-electron chi connectivity index (χ3n) is 4.69. The molecule has 0 fully saturated rings. The van der Waals surface area contributed by atoms with Crippen molar-refractivity contribution >= 4 is 28.1 Å². The maximum absolute atomic E-state index is 13.9. The van der Waals surface area contributed by atoms with Crippen molar-refractivity contribution in [3.05, 3.63) is 81.6 Å². The smallest absolute Gasteiger partial charge is 0.271 e. The second-order valence-electron chi connectivity index (χ2n) is 6.91. The Hall–Kier alpha value is -3.59. The van der Waals surface area contributed by atoms with Gasteiger partial charge in [0.15, 0.2) is 23.0 Å². The van der Waals surface area contributed by atoms with Gasteiger partial charge in [0, 0.05) is 11.1 Å². The van der Waals surface area contributed by atoms with Gasteiger partial charge in [-0.15, -0.1) is 0 Å². The van der Waals surface area contributed by atoms with Crippen LogP contribution in [0.1, 0.15) is 28.4 Å². The number of amides is 1. The average Bonchev–Trinajstić information content (AvgIpc) is 2.84. The summed E-state index contributed by atoms with van der Waals surface area (Å²) in [5, 5.41) is 4.02. The van der Waals surface area contributed by atoms with Crippen LogP contribution in [0, 0.1) is 5.82 Å². The third-order valence-corrected chi connectivity index (χ3v) is 5.28. The number of nitrogens with zero attached hydrogens (tertiary/aromatic N) is 1. The summed E-state index contributed by atoms with van der Waals surface area (Å²) < 4.78 is 36.4. The molecule has 7 nitrogen and oxygen atoms in total. The highest BCUT2D eigenvalue weighted by atomic mass is 79.9. The normalized spacial score (nSPS) is 10.7. The van der Waals surface area contributed by atoms with E-state index in [0.717, 1.165) is 0 Å². The largest absolute Gasteiger partial charge is 0.493 e. The van der Waals surface area contributed by atoms with Crippen LogP contribution in [0.4, 0.5) is 4.39 Å². The van der Waals surface area contributed by atoms with Crippen LogP contribution in [0.2, 0.25) is 0 Å². The number of methoxy groups -OCH3 is 2. The van der Waals surface area contributed by atoms with Crippen LogP contribution in [-0.4, -0.2) is 32.9 Å². The average molecular weight is 531 g/mol. The van der Waals surface area contributed by atoms with Crippen molar-refractivity contribution in [2.24, 2.45) is 5.10 Å². The van der Waals surface area contributed by atoms with Crippen LogP contribution in [0.25, 0.3) is 0 Å². The van der Waals surface area contributed by atoms with Crippen LogP contribution >= 0.6 is 15.9 Å². The van der Waals surface area contributed by atoms with Gasteiger partial charge in [-0.3, -0.25) is 4.79 Å². The minimum absolute atomic E-state index is 0.0384. The zero-order valence-electron chi connectivity index (χ0n) is 18.9. The van der Waals surface area contributed by atoms with Crippen molar-refractivity contribution in [1.82, 2.24) is 5.43 Å². The summed E-state index contributed by atoms with van der Waals surface area (Å²) in [6, 6.07) is 14.7. The first-order chi connectivity index (χ1) is 16.5.